The predicted molar refractivity (Wildman–Crippen MR) is 83.1 cm³/mol. The van der Waals surface area contributed by atoms with Crippen molar-refractivity contribution < 1.29 is 14.0 Å². The molecule has 0 bridgehead atoms. The zero-order chi connectivity index (χ0) is 15.9. The fourth-order valence-electron chi connectivity index (χ4n) is 2.23. The van der Waals surface area contributed by atoms with E-state index in [9.17, 15) is 14.0 Å². The molecular formula is C18H18FNO2. The Labute approximate surface area is 129 Å². The topological polar surface area (TPSA) is 46.2 Å². The van der Waals surface area contributed by atoms with Gasteiger partial charge in [0.05, 0.1) is 6.42 Å². The number of nitrogens with one attached hydrogen (secondary N) is 1. The Morgan fingerprint density at radius 3 is 2.50 bits per heavy atom. The Morgan fingerprint density at radius 2 is 1.82 bits per heavy atom. The summed E-state index contributed by atoms with van der Waals surface area (Å²) >= 11 is 0. The van der Waals surface area contributed by atoms with E-state index in [1.54, 1.807) is 43.3 Å². The first-order valence-electron chi connectivity index (χ1n) is 7.16. The average Bonchev–Trinajstić information content (AvgIpc) is 2.47. The predicted octanol–water partition coefficient (Wildman–Crippen LogP) is 3.15. The van der Waals surface area contributed by atoms with Gasteiger partial charge >= 0.3 is 0 Å². The first kappa shape index (κ1) is 15.9. The molecule has 0 aromatic heterocycles. The molecule has 0 aliphatic carbocycles. The maximum absolute atomic E-state index is 13.1. The molecule has 0 aliphatic rings. The number of carbonyl (C=O) groups excluding carboxylic acids is 2. The molecule has 114 valence electrons. The third kappa shape index (κ3) is 4.81. The van der Waals surface area contributed by atoms with Crippen LogP contribution >= 0.6 is 0 Å². The van der Waals surface area contributed by atoms with E-state index in [1.807, 2.05) is 6.07 Å². The molecule has 2 aromatic rings. The van der Waals surface area contributed by atoms with Crippen molar-refractivity contribution in [2.24, 2.45) is 0 Å². The lowest BCUT2D eigenvalue weighted by Crippen LogP contribution is -2.35. The van der Waals surface area contributed by atoms with E-state index in [-0.39, 0.29) is 36.4 Å². The zero-order valence-electron chi connectivity index (χ0n) is 12.4. The summed E-state index contributed by atoms with van der Waals surface area (Å²) in [7, 11) is 0. The minimum Gasteiger partial charge on any atom is -0.353 e. The van der Waals surface area contributed by atoms with Crippen LogP contribution in [-0.2, 0) is 11.2 Å². The summed E-state index contributed by atoms with van der Waals surface area (Å²) < 4.78 is 13.1. The third-order valence-electron chi connectivity index (χ3n) is 3.25. The van der Waals surface area contributed by atoms with Crippen molar-refractivity contribution in [2.75, 3.05) is 0 Å². The second kappa shape index (κ2) is 7.50. The second-order valence-electron chi connectivity index (χ2n) is 5.27. The quantitative estimate of drug-likeness (QED) is 0.833. The van der Waals surface area contributed by atoms with Crippen LogP contribution in [0, 0.1) is 5.82 Å². The van der Waals surface area contributed by atoms with Gasteiger partial charge in [0.2, 0.25) is 5.91 Å². The summed E-state index contributed by atoms with van der Waals surface area (Å²) in [4.78, 5) is 23.9. The third-order valence-corrected chi connectivity index (χ3v) is 3.25. The van der Waals surface area contributed by atoms with Crippen LogP contribution in [0.25, 0.3) is 0 Å². The van der Waals surface area contributed by atoms with Gasteiger partial charge < -0.3 is 5.32 Å². The first-order valence-corrected chi connectivity index (χ1v) is 7.16. The van der Waals surface area contributed by atoms with Crippen LogP contribution in [0.2, 0.25) is 0 Å². The van der Waals surface area contributed by atoms with Gasteiger partial charge in [-0.15, -0.1) is 0 Å². The van der Waals surface area contributed by atoms with E-state index in [1.165, 1.54) is 12.1 Å². The molecule has 0 saturated carbocycles. The van der Waals surface area contributed by atoms with Crippen molar-refractivity contribution in [3.63, 3.8) is 0 Å². The summed E-state index contributed by atoms with van der Waals surface area (Å²) in [6.07, 6.45) is 0.334. The average molecular weight is 299 g/mol. The molecule has 1 atom stereocenters. The molecule has 0 radical (unpaired) electrons. The fraction of sp³-hybridized carbons (Fsp3) is 0.222. The molecule has 2 rings (SSSR count). The van der Waals surface area contributed by atoms with Gasteiger partial charge in [-0.3, -0.25) is 9.59 Å². The number of hydrogen-bond donors (Lipinski definition) is 1. The molecule has 2 aromatic carbocycles. The minimum atomic E-state index is -0.363. The lowest BCUT2D eigenvalue weighted by atomic mass is 10.0. The number of carbonyl (C=O) groups is 2. The van der Waals surface area contributed by atoms with Crippen molar-refractivity contribution in [3.05, 3.63) is 71.5 Å². The van der Waals surface area contributed by atoms with Crippen LogP contribution < -0.4 is 5.32 Å². The van der Waals surface area contributed by atoms with E-state index in [4.69, 9.17) is 0 Å². The van der Waals surface area contributed by atoms with Crippen molar-refractivity contribution in [1.29, 1.82) is 0 Å². The Balaban J connectivity index is 1.85. The van der Waals surface area contributed by atoms with Gasteiger partial charge in [0.1, 0.15) is 5.82 Å². The van der Waals surface area contributed by atoms with E-state index in [0.29, 0.717) is 11.1 Å². The van der Waals surface area contributed by atoms with Crippen molar-refractivity contribution in [1.82, 2.24) is 5.32 Å². The standard InChI is InChI=1S/C18H18FNO2/c1-13(10-17(21)15-7-3-2-4-8-15)20-18(22)12-14-6-5-9-16(19)11-14/h2-9,11,13H,10,12H2,1H3,(H,20,22)/t13-/m0/s1. The number of hydrogen-bond acceptors (Lipinski definition) is 2. The number of amides is 1. The summed E-state index contributed by atoms with van der Waals surface area (Å²) in [6.45, 7) is 1.78. The summed E-state index contributed by atoms with van der Waals surface area (Å²) in [6, 6.07) is 14.6. The Kier molecular flexibility index (Phi) is 5.42. The van der Waals surface area contributed by atoms with Gasteiger partial charge in [-0.2, -0.15) is 0 Å². The van der Waals surface area contributed by atoms with Gasteiger partial charge in [-0.05, 0) is 24.6 Å². The lowest BCUT2D eigenvalue weighted by Gasteiger charge is -2.13. The molecule has 0 saturated heterocycles. The lowest BCUT2D eigenvalue weighted by molar-refractivity contribution is -0.121. The number of halogens is 1. The zero-order valence-corrected chi connectivity index (χ0v) is 12.4. The van der Waals surface area contributed by atoms with Crippen LogP contribution in [0.1, 0.15) is 29.3 Å². The monoisotopic (exact) mass is 299 g/mol. The smallest absolute Gasteiger partial charge is 0.224 e. The molecule has 0 heterocycles. The van der Waals surface area contributed by atoms with E-state index in [2.05, 4.69) is 5.32 Å². The number of rotatable bonds is 6. The van der Waals surface area contributed by atoms with Gasteiger partial charge in [0.25, 0.3) is 0 Å². The molecule has 0 unspecified atom stereocenters. The summed E-state index contributed by atoms with van der Waals surface area (Å²) in [5, 5.41) is 2.77. The van der Waals surface area contributed by atoms with Crippen molar-refractivity contribution >= 4 is 11.7 Å². The molecule has 4 heteroatoms. The Bertz CT molecular complexity index is 655. The molecular weight excluding hydrogens is 281 g/mol. The van der Waals surface area contributed by atoms with Crippen LogP contribution in [0.5, 0.6) is 0 Å². The molecule has 0 fully saturated rings. The van der Waals surface area contributed by atoms with E-state index in [0.717, 1.165) is 0 Å². The normalized spacial score (nSPS) is 11.7. The highest BCUT2D eigenvalue weighted by atomic mass is 19.1. The molecule has 0 aliphatic heterocycles. The maximum Gasteiger partial charge on any atom is 0.224 e. The largest absolute Gasteiger partial charge is 0.353 e. The van der Waals surface area contributed by atoms with Crippen LogP contribution in [0.4, 0.5) is 4.39 Å². The molecule has 22 heavy (non-hydrogen) atoms. The second-order valence-corrected chi connectivity index (χ2v) is 5.27. The molecule has 1 N–H and O–H groups in total. The Morgan fingerprint density at radius 1 is 1.09 bits per heavy atom. The van der Waals surface area contributed by atoms with Crippen LogP contribution in [-0.4, -0.2) is 17.7 Å². The SMILES string of the molecule is C[C@@H](CC(=O)c1ccccc1)NC(=O)Cc1cccc(F)c1. The summed E-state index contributed by atoms with van der Waals surface area (Å²) in [5.41, 5.74) is 1.24. The van der Waals surface area contributed by atoms with Gasteiger partial charge in [-0.1, -0.05) is 42.5 Å². The van der Waals surface area contributed by atoms with E-state index >= 15 is 0 Å². The van der Waals surface area contributed by atoms with Crippen molar-refractivity contribution in [3.8, 4) is 0 Å². The van der Waals surface area contributed by atoms with Gasteiger partial charge in [-0.25, -0.2) is 4.39 Å². The fourth-order valence-corrected chi connectivity index (χ4v) is 2.23. The highest BCUT2D eigenvalue weighted by Crippen LogP contribution is 2.07. The summed E-state index contributed by atoms with van der Waals surface area (Å²) in [5.74, 6) is -0.601. The number of ketones is 1. The number of benzene rings is 2. The van der Waals surface area contributed by atoms with Crippen LogP contribution in [0.15, 0.2) is 54.6 Å². The van der Waals surface area contributed by atoms with Crippen molar-refractivity contribution in [2.45, 2.75) is 25.8 Å². The van der Waals surface area contributed by atoms with Gasteiger partial charge in [0.15, 0.2) is 5.78 Å². The molecule has 3 nitrogen and oxygen atoms in total. The molecule has 0 spiro atoms. The highest BCUT2D eigenvalue weighted by molar-refractivity contribution is 5.96. The van der Waals surface area contributed by atoms with E-state index < -0.39 is 0 Å². The van der Waals surface area contributed by atoms with Gasteiger partial charge in [0, 0.05) is 18.0 Å². The Hall–Kier alpha value is -2.49. The minimum absolute atomic E-state index is 0.0147. The highest BCUT2D eigenvalue weighted by Gasteiger charge is 2.13. The number of Topliss-reactive ketones (excluding diaryl/α,β-unsaturated/α-hetero) is 1. The maximum atomic E-state index is 13.1. The molecule has 1 amide bonds. The first-order chi connectivity index (χ1) is 10.5. The van der Waals surface area contributed by atoms with Crippen LogP contribution in [0.3, 0.4) is 0 Å².